The number of carboxylic acid groups (broad SMARTS) is 1. The number of ether oxygens (including phenoxy) is 1. The van der Waals surface area contributed by atoms with Crippen LogP contribution in [0.3, 0.4) is 0 Å². The van der Waals surface area contributed by atoms with Gasteiger partial charge in [-0.2, -0.15) is 0 Å². The van der Waals surface area contributed by atoms with Crippen LogP contribution in [0.4, 0.5) is 5.69 Å². The lowest BCUT2D eigenvalue weighted by Crippen LogP contribution is -2.48. The fourth-order valence-electron chi connectivity index (χ4n) is 1.74. The Kier molecular flexibility index (Phi) is 5.72. The largest absolute Gasteiger partial charge is 0.497 e. The molecule has 21 heavy (non-hydrogen) atoms. The van der Waals surface area contributed by atoms with Crippen LogP contribution in [-0.4, -0.2) is 47.6 Å². The first-order valence-corrected chi connectivity index (χ1v) is 6.63. The second-order valence-electron chi connectivity index (χ2n) is 5.70. The lowest BCUT2D eigenvalue weighted by molar-refractivity contribution is -0.140. The zero-order chi connectivity index (χ0) is 16.0. The molecule has 0 aliphatic heterocycles. The Morgan fingerprint density at radius 2 is 1.76 bits per heavy atom. The predicted molar refractivity (Wildman–Crippen MR) is 80.6 cm³/mol. The van der Waals surface area contributed by atoms with E-state index in [1.54, 1.807) is 36.3 Å². The van der Waals surface area contributed by atoms with Gasteiger partial charge in [-0.3, -0.25) is 14.5 Å². The van der Waals surface area contributed by atoms with E-state index in [4.69, 9.17) is 9.84 Å². The predicted octanol–water partition coefficient (Wildman–Crippen LogP) is 1.82. The Morgan fingerprint density at radius 3 is 2.19 bits per heavy atom. The Morgan fingerprint density at radius 1 is 1.19 bits per heavy atom. The normalized spacial score (nSPS) is 11.3. The van der Waals surface area contributed by atoms with Gasteiger partial charge in [0.1, 0.15) is 5.75 Å². The van der Waals surface area contributed by atoms with E-state index in [-0.39, 0.29) is 19.0 Å². The first kappa shape index (κ1) is 17.0. The molecule has 1 aromatic rings. The van der Waals surface area contributed by atoms with E-state index in [0.717, 1.165) is 0 Å². The molecule has 1 aromatic carbocycles. The van der Waals surface area contributed by atoms with Crippen molar-refractivity contribution in [1.29, 1.82) is 0 Å². The van der Waals surface area contributed by atoms with Crippen molar-refractivity contribution < 1.29 is 19.4 Å². The molecule has 2 N–H and O–H groups in total. The number of anilines is 1. The van der Waals surface area contributed by atoms with E-state index < -0.39 is 11.5 Å². The van der Waals surface area contributed by atoms with Crippen LogP contribution in [-0.2, 0) is 9.59 Å². The highest BCUT2D eigenvalue weighted by Gasteiger charge is 2.25. The fraction of sp³-hybridized carbons (Fsp3) is 0.467. The molecule has 0 unspecified atom stereocenters. The summed E-state index contributed by atoms with van der Waals surface area (Å²) in [5.41, 5.74) is 0.236. The van der Waals surface area contributed by atoms with Gasteiger partial charge < -0.3 is 15.2 Å². The molecule has 0 spiro atoms. The number of benzene rings is 1. The molecule has 1 rings (SSSR count). The highest BCUT2D eigenvalue weighted by atomic mass is 16.5. The lowest BCUT2D eigenvalue weighted by Gasteiger charge is -2.33. The average molecular weight is 294 g/mol. The van der Waals surface area contributed by atoms with Gasteiger partial charge in [0.2, 0.25) is 5.91 Å². The number of rotatable bonds is 6. The van der Waals surface area contributed by atoms with Gasteiger partial charge in [-0.15, -0.1) is 0 Å². The van der Waals surface area contributed by atoms with Crippen LogP contribution >= 0.6 is 0 Å². The zero-order valence-corrected chi connectivity index (χ0v) is 12.8. The maximum Gasteiger partial charge on any atom is 0.317 e. The molecule has 0 aliphatic carbocycles. The van der Waals surface area contributed by atoms with Gasteiger partial charge in [0.25, 0.3) is 0 Å². The number of methoxy groups -OCH3 is 1. The number of hydrogen-bond acceptors (Lipinski definition) is 4. The summed E-state index contributed by atoms with van der Waals surface area (Å²) in [5, 5.41) is 11.7. The molecule has 0 fully saturated rings. The smallest absolute Gasteiger partial charge is 0.317 e. The molecule has 6 heteroatoms. The van der Waals surface area contributed by atoms with Crippen molar-refractivity contribution in [3.8, 4) is 5.75 Å². The van der Waals surface area contributed by atoms with Crippen molar-refractivity contribution in [1.82, 2.24) is 4.90 Å². The van der Waals surface area contributed by atoms with Gasteiger partial charge in [-0.1, -0.05) is 0 Å². The van der Waals surface area contributed by atoms with Crippen molar-refractivity contribution in [2.45, 2.75) is 26.3 Å². The molecule has 0 aromatic heterocycles. The molecule has 6 nitrogen and oxygen atoms in total. The summed E-state index contributed by atoms with van der Waals surface area (Å²) in [6, 6.07) is 6.95. The summed E-state index contributed by atoms with van der Waals surface area (Å²) in [7, 11) is 1.57. The first-order valence-electron chi connectivity index (χ1n) is 6.63. The topological polar surface area (TPSA) is 78.9 Å². The van der Waals surface area contributed by atoms with Crippen molar-refractivity contribution in [2.24, 2.45) is 0 Å². The van der Waals surface area contributed by atoms with Gasteiger partial charge >= 0.3 is 5.97 Å². The number of amides is 1. The highest BCUT2D eigenvalue weighted by Crippen LogP contribution is 2.16. The van der Waals surface area contributed by atoms with Gasteiger partial charge in [-0.05, 0) is 45.0 Å². The monoisotopic (exact) mass is 294 g/mol. The Balaban J connectivity index is 2.66. The summed E-state index contributed by atoms with van der Waals surface area (Å²) in [5.74, 6) is -0.506. The Bertz CT molecular complexity index is 491. The third-order valence-electron chi connectivity index (χ3n) is 2.98. The summed E-state index contributed by atoms with van der Waals surface area (Å²) >= 11 is 0. The Hall–Kier alpha value is -2.08. The van der Waals surface area contributed by atoms with E-state index in [1.165, 1.54) is 0 Å². The summed E-state index contributed by atoms with van der Waals surface area (Å²) < 4.78 is 5.04. The maximum atomic E-state index is 12.0. The zero-order valence-electron chi connectivity index (χ0n) is 12.8. The maximum absolute atomic E-state index is 12.0. The van der Waals surface area contributed by atoms with Crippen molar-refractivity contribution in [3.05, 3.63) is 24.3 Å². The number of nitrogens with zero attached hydrogens (tertiary/aromatic N) is 1. The van der Waals surface area contributed by atoms with Crippen LogP contribution in [0, 0.1) is 0 Å². The quantitative estimate of drug-likeness (QED) is 0.836. The van der Waals surface area contributed by atoms with E-state index >= 15 is 0 Å². The molecule has 0 saturated carbocycles. The molecular formula is C15H22N2O4. The minimum Gasteiger partial charge on any atom is -0.497 e. The van der Waals surface area contributed by atoms with Crippen LogP contribution in [0.15, 0.2) is 24.3 Å². The average Bonchev–Trinajstić information content (AvgIpc) is 2.37. The van der Waals surface area contributed by atoms with Gasteiger partial charge in [0.05, 0.1) is 20.2 Å². The number of carbonyl (C=O) groups is 2. The van der Waals surface area contributed by atoms with Gasteiger partial charge in [-0.25, -0.2) is 0 Å². The van der Waals surface area contributed by atoms with Gasteiger partial charge in [0.15, 0.2) is 0 Å². The van der Waals surface area contributed by atoms with E-state index in [2.05, 4.69) is 5.32 Å². The van der Waals surface area contributed by atoms with Gasteiger partial charge in [0, 0.05) is 11.2 Å². The molecular weight excluding hydrogens is 272 g/mol. The minimum atomic E-state index is -0.956. The SMILES string of the molecule is COc1ccc(NC(=O)CN(CC(=O)O)C(C)(C)C)cc1. The fourth-order valence-corrected chi connectivity index (χ4v) is 1.74. The molecule has 0 bridgehead atoms. The first-order chi connectivity index (χ1) is 9.72. The molecule has 0 aliphatic rings. The Labute approximate surface area is 124 Å². The van der Waals surface area contributed by atoms with E-state index in [1.807, 2.05) is 20.8 Å². The van der Waals surface area contributed by atoms with Crippen LogP contribution in [0.2, 0.25) is 0 Å². The number of carboxylic acids is 1. The van der Waals surface area contributed by atoms with E-state index in [9.17, 15) is 9.59 Å². The number of hydrogen-bond donors (Lipinski definition) is 2. The summed E-state index contributed by atoms with van der Waals surface area (Å²) in [6.07, 6.45) is 0. The molecule has 116 valence electrons. The van der Waals surface area contributed by atoms with E-state index in [0.29, 0.717) is 11.4 Å². The second kappa shape index (κ2) is 7.08. The molecule has 0 atom stereocenters. The third-order valence-corrected chi connectivity index (χ3v) is 2.98. The van der Waals surface area contributed by atoms with Crippen molar-refractivity contribution in [3.63, 3.8) is 0 Å². The minimum absolute atomic E-state index is 0.0157. The van der Waals surface area contributed by atoms with Crippen LogP contribution < -0.4 is 10.1 Å². The van der Waals surface area contributed by atoms with Crippen molar-refractivity contribution in [2.75, 3.05) is 25.5 Å². The molecule has 0 saturated heterocycles. The lowest BCUT2D eigenvalue weighted by atomic mass is 10.1. The number of carbonyl (C=O) groups excluding carboxylic acids is 1. The summed E-state index contributed by atoms with van der Waals surface area (Å²) in [4.78, 5) is 24.5. The second-order valence-corrected chi connectivity index (χ2v) is 5.70. The number of aliphatic carboxylic acids is 1. The third kappa shape index (κ3) is 5.83. The molecule has 1 amide bonds. The summed E-state index contributed by atoms with van der Waals surface area (Å²) in [6.45, 7) is 5.45. The van der Waals surface area contributed by atoms with Crippen molar-refractivity contribution >= 4 is 17.6 Å². The molecule has 0 heterocycles. The van der Waals surface area contributed by atoms with Crippen LogP contribution in [0.25, 0.3) is 0 Å². The molecule has 0 radical (unpaired) electrons. The number of nitrogens with one attached hydrogen (secondary N) is 1. The van der Waals surface area contributed by atoms with Crippen LogP contribution in [0.5, 0.6) is 5.75 Å². The van der Waals surface area contributed by atoms with Crippen LogP contribution in [0.1, 0.15) is 20.8 Å². The highest BCUT2D eigenvalue weighted by molar-refractivity contribution is 5.92. The standard InChI is InChI=1S/C15H22N2O4/c1-15(2,3)17(10-14(19)20)9-13(18)16-11-5-7-12(21-4)8-6-11/h5-8H,9-10H2,1-4H3,(H,16,18)(H,19,20).